The van der Waals surface area contributed by atoms with Crippen LogP contribution in [-0.4, -0.2) is 27.8 Å². The molecule has 2 atom stereocenters. The van der Waals surface area contributed by atoms with Crippen molar-refractivity contribution in [3.8, 4) is 6.07 Å². The van der Waals surface area contributed by atoms with E-state index in [1.807, 2.05) is 12.1 Å². The maximum atomic E-state index is 12.2. The molecule has 0 saturated heterocycles. The van der Waals surface area contributed by atoms with Crippen molar-refractivity contribution in [2.45, 2.75) is 17.4 Å². The molecule has 0 aromatic heterocycles. The van der Waals surface area contributed by atoms with E-state index >= 15 is 0 Å². The molecule has 0 aliphatic carbocycles. The van der Waals surface area contributed by atoms with Gasteiger partial charge in [-0.05, 0) is 42.8 Å². The van der Waals surface area contributed by atoms with Crippen molar-refractivity contribution in [2.24, 2.45) is 5.73 Å². The molecule has 2 amide bonds. The maximum absolute atomic E-state index is 12.2. The van der Waals surface area contributed by atoms with E-state index in [4.69, 9.17) is 11.0 Å². The van der Waals surface area contributed by atoms with Crippen LogP contribution in [0.15, 0.2) is 59.5 Å². The minimum atomic E-state index is -1.28. The molecule has 0 fully saturated rings. The summed E-state index contributed by atoms with van der Waals surface area (Å²) < 4.78 is 12.2. The van der Waals surface area contributed by atoms with E-state index in [9.17, 15) is 13.8 Å². The van der Waals surface area contributed by atoms with Crippen LogP contribution in [0, 0.1) is 11.3 Å². The van der Waals surface area contributed by atoms with E-state index in [1.54, 1.807) is 24.3 Å². The lowest BCUT2D eigenvalue weighted by molar-refractivity contribution is -0.119. The van der Waals surface area contributed by atoms with Crippen LogP contribution in [0.4, 0.5) is 0 Å². The van der Waals surface area contributed by atoms with Crippen molar-refractivity contribution in [3.05, 3.63) is 65.7 Å². The summed E-state index contributed by atoms with van der Waals surface area (Å²) >= 11 is 0. The number of hydrogen-bond acceptors (Lipinski definition) is 4. The lowest BCUT2D eigenvalue weighted by Gasteiger charge is -2.15. The fourth-order valence-corrected chi connectivity index (χ4v) is 3.28. The number of nitrogens with zero attached hydrogens (tertiary/aromatic N) is 1. The fourth-order valence-electron chi connectivity index (χ4n) is 2.14. The highest BCUT2D eigenvalue weighted by atomic mass is 32.2. The minimum Gasteiger partial charge on any atom is -0.368 e. The third kappa shape index (κ3) is 5.26. The Labute approximate surface area is 148 Å². The molecule has 0 aliphatic heterocycles. The number of rotatable bonds is 7. The predicted molar refractivity (Wildman–Crippen MR) is 93.9 cm³/mol. The molecule has 3 N–H and O–H groups in total. The second-order valence-electron chi connectivity index (χ2n) is 5.27. The molecule has 2 aromatic carbocycles. The molecule has 2 aromatic rings. The van der Waals surface area contributed by atoms with Crippen molar-refractivity contribution in [3.63, 3.8) is 0 Å². The fraction of sp³-hybridized carbons (Fsp3) is 0.167. The van der Waals surface area contributed by atoms with Crippen LogP contribution in [-0.2, 0) is 15.6 Å². The number of primary amides is 1. The molecule has 128 valence electrons. The molecule has 2 rings (SSSR count). The standard InChI is InChI=1S/C18H17N3O3S/c19-12-13-6-8-14(9-7-13)18(23)21-16(17(20)22)10-11-25(24)15-4-2-1-3-5-15/h1-9,16H,10-11H2,(H2,20,22)(H,21,23)/t16-,25+/m0/s1. The Morgan fingerprint density at radius 3 is 2.32 bits per heavy atom. The van der Waals surface area contributed by atoms with E-state index in [-0.39, 0.29) is 12.2 Å². The second kappa shape index (κ2) is 8.76. The van der Waals surface area contributed by atoms with Crippen LogP contribution < -0.4 is 11.1 Å². The van der Waals surface area contributed by atoms with Crippen molar-refractivity contribution in [1.29, 1.82) is 5.26 Å². The van der Waals surface area contributed by atoms with Crippen LogP contribution in [0.25, 0.3) is 0 Å². The normalized spacial score (nSPS) is 12.6. The minimum absolute atomic E-state index is 0.166. The highest BCUT2D eigenvalue weighted by molar-refractivity contribution is 7.85. The molecule has 25 heavy (non-hydrogen) atoms. The van der Waals surface area contributed by atoms with E-state index in [0.717, 1.165) is 0 Å². The molecule has 0 heterocycles. The molecule has 0 unspecified atom stereocenters. The molecular formula is C18H17N3O3S. The van der Waals surface area contributed by atoms with Crippen molar-refractivity contribution < 1.29 is 13.8 Å². The Bertz CT molecular complexity index is 814. The molecular weight excluding hydrogens is 338 g/mol. The van der Waals surface area contributed by atoms with Gasteiger partial charge < -0.3 is 11.1 Å². The van der Waals surface area contributed by atoms with Crippen LogP contribution in [0.2, 0.25) is 0 Å². The first kappa shape index (κ1) is 18.4. The monoisotopic (exact) mass is 355 g/mol. The van der Waals surface area contributed by atoms with E-state index in [1.165, 1.54) is 24.3 Å². The van der Waals surface area contributed by atoms with E-state index in [2.05, 4.69) is 5.32 Å². The number of nitriles is 1. The Kier molecular flexibility index (Phi) is 6.43. The Morgan fingerprint density at radius 1 is 1.12 bits per heavy atom. The lowest BCUT2D eigenvalue weighted by Crippen LogP contribution is -2.45. The highest BCUT2D eigenvalue weighted by Gasteiger charge is 2.20. The Morgan fingerprint density at radius 2 is 1.76 bits per heavy atom. The van der Waals surface area contributed by atoms with Gasteiger partial charge in [-0.2, -0.15) is 5.26 Å². The Balaban J connectivity index is 1.98. The van der Waals surface area contributed by atoms with Gasteiger partial charge in [-0.1, -0.05) is 18.2 Å². The summed E-state index contributed by atoms with van der Waals surface area (Å²) in [5.41, 5.74) is 6.08. The van der Waals surface area contributed by atoms with Crippen LogP contribution in [0.5, 0.6) is 0 Å². The number of hydrogen-bond donors (Lipinski definition) is 2. The topological polar surface area (TPSA) is 113 Å². The highest BCUT2D eigenvalue weighted by Crippen LogP contribution is 2.09. The molecule has 6 nitrogen and oxygen atoms in total. The summed E-state index contributed by atoms with van der Waals surface area (Å²) in [5, 5.41) is 11.3. The van der Waals surface area contributed by atoms with Gasteiger partial charge in [0.2, 0.25) is 5.91 Å². The zero-order valence-electron chi connectivity index (χ0n) is 13.3. The van der Waals surface area contributed by atoms with Gasteiger partial charge in [-0.25, -0.2) is 0 Å². The number of benzene rings is 2. The van der Waals surface area contributed by atoms with Gasteiger partial charge in [0.05, 0.1) is 22.4 Å². The average molecular weight is 355 g/mol. The van der Waals surface area contributed by atoms with Gasteiger partial charge in [-0.15, -0.1) is 0 Å². The summed E-state index contributed by atoms with van der Waals surface area (Å²) in [7, 11) is -1.28. The van der Waals surface area contributed by atoms with E-state index < -0.39 is 28.7 Å². The first-order valence-electron chi connectivity index (χ1n) is 7.55. The molecule has 7 heteroatoms. The summed E-state index contributed by atoms with van der Waals surface area (Å²) in [5.74, 6) is -0.962. The van der Waals surface area contributed by atoms with Crippen LogP contribution in [0.3, 0.4) is 0 Å². The summed E-state index contributed by atoms with van der Waals surface area (Å²) in [6.45, 7) is 0. The number of nitrogens with one attached hydrogen (secondary N) is 1. The number of carbonyl (C=O) groups is 2. The zero-order chi connectivity index (χ0) is 18.2. The summed E-state index contributed by atoms with van der Waals surface area (Å²) in [4.78, 5) is 24.4. The smallest absolute Gasteiger partial charge is 0.251 e. The first-order chi connectivity index (χ1) is 12.0. The number of carbonyl (C=O) groups excluding carboxylic acids is 2. The molecule has 0 radical (unpaired) electrons. The van der Waals surface area contributed by atoms with Crippen LogP contribution in [0.1, 0.15) is 22.3 Å². The third-order valence-corrected chi connectivity index (χ3v) is 4.93. The van der Waals surface area contributed by atoms with Gasteiger partial charge in [0, 0.05) is 16.2 Å². The zero-order valence-corrected chi connectivity index (χ0v) is 14.2. The van der Waals surface area contributed by atoms with Gasteiger partial charge in [-0.3, -0.25) is 13.8 Å². The molecule has 0 aliphatic rings. The maximum Gasteiger partial charge on any atom is 0.251 e. The van der Waals surface area contributed by atoms with Crippen molar-refractivity contribution in [1.82, 2.24) is 5.32 Å². The van der Waals surface area contributed by atoms with E-state index in [0.29, 0.717) is 16.0 Å². The number of amides is 2. The Hall–Kier alpha value is -2.98. The molecule has 0 bridgehead atoms. The molecule has 0 saturated carbocycles. The third-order valence-electron chi connectivity index (χ3n) is 3.52. The summed E-state index contributed by atoms with van der Waals surface area (Å²) in [6.07, 6.45) is 0.166. The lowest BCUT2D eigenvalue weighted by atomic mass is 10.1. The quantitative estimate of drug-likeness (QED) is 0.780. The largest absolute Gasteiger partial charge is 0.368 e. The van der Waals surface area contributed by atoms with Gasteiger partial charge in [0.1, 0.15) is 6.04 Å². The van der Waals surface area contributed by atoms with Crippen LogP contribution >= 0.6 is 0 Å². The van der Waals surface area contributed by atoms with Crippen molar-refractivity contribution in [2.75, 3.05) is 5.75 Å². The van der Waals surface area contributed by atoms with Gasteiger partial charge in [0.15, 0.2) is 0 Å². The van der Waals surface area contributed by atoms with Crippen molar-refractivity contribution >= 4 is 22.6 Å². The first-order valence-corrected chi connectivity index (χ1v) is 8.87. The number of nitrogens with two attached hydrogens (primary N) is 1. The summed E-state index contributed by atoms with van der Waals surface area (Å²) in [6, 6.07) is 15.9. The molecule has 0 spiro atoms. The predicted octanol–water partition coefficient (Wildman–Crippen LogP) is 1.34. The van der Waals surface area contributed by atoms with Gasteiger partial charge >= 0.3 is 0 Å². The average Bonchev–Trinajstić information content (AvgIpc) is 2.65. The second-order valence-corrected chi connectivity index (χ2v) is 6.84. The van der Waals surface area contributed by atoms with Gasteiger partial charge in [0.25, 0.3) is 5.91 Å². The SMILES string of the molecule is N#Cc1ccc(C(=O)N[C@@H](CC[S@@](=O)c2ccccc2)C(N)=O)cc1.